The lowest BCUT2D eigenvalue weighted by Crippen LogP contribution is -2.33. The number of benzene rings is 1. The van der Waals surface area contributed by atoms with Gasteiger partial charge in [0.05, 0.1) is 11.9 Å². The van der Waals surface area contributed by atoms with Gasteiger partial charge < -0.3 is 5.32 Å². The van der Waals surface area contributed by atoms with Crippen molar-refractivity contribution in [3.63, 3.8) is 0 Å². The number of fused-ring (bicyclic) bond motifs is 1. The molecule has 1 fully saturated rings. The molecule has 0 bridgehead atoms. The van der Waals surface area contributed by atoms with Crippen LogP contribution in [-0.4, -0.2) is 21.5 Å². The minimum absolute atomic E-state index is 0.0215. The zero-order valence-corrected chi connectivity index (χ0v) is 16.4. The van der Waals surface area contributed by atoms with Crippen molar-refractivity contribution in [1.29, 1.82) is 0 Å². The Morgan fingerprint density at radius 2 is 2.07 bits per heavy atom. The van der Waals surface area contributed by atoms with Gasteiger partial charge in [0, 0.05) is 17.0 Å². The Kier molecular flexibility index (Phi) is 4.83. The first-order valence-electron chi connectivity index (χ1n) is 9.39. The van der Waals surface area contributed by atoms with Crippen LogP contribution in [0.1, 0.15) is 53.0 Å². The number of thiophene rings is 1. The van der Waals surface area contributed by atoms with Gasteiger partial charge in [-0.05, 0) is 45.1 Å². The summed E-state index contributed by atoms with van der Waals surface area (Å²) in [7, 11) is 0. The van der Waals surface area contributed by atoms with E-state index >= 15 is 0 Å². The van der Waals surface area contributed by atoms with Crippen LogP contribution in [0.5, 0.6) is 0 Å². The molecule has 1 aliphatic carbocycles. The molecular formula is C21H23N3O2S. The molecule has 0 saturated heterocycles. The maximum absolute atomic E-state index is 12.9. The van der Waals surface area contributed by atoms with E-state index < -0.39 is 0 Å². The number of aryl methyl sites for hydroxylation is 2. The van der Waals surface area contributed by atoms with Crippen molar-refractivity contribution in [3.05, 3.63) is 63.0 Å². The molecule has 6 heteroatoms. The topological polar surface area (TPSA) is 64.0 Å². The molecule has 140 valence electrons. The van der Waals surface area contributed by atoms with E-state index in [1.165, 1.54) is 16.9 Å². The Morgan fingerprint density at radius 1 is 1.33 bits per heavy atom. The monoisotopic (exact) mass is 381 g/mol. The second kappa shape index (κ2) is 7.27. The Balaban J connectivity index is 1.51. The van der Waals surface area contributed by atoms with Crippen LogP contribution in [0.3, 0.4) is 0 Å². The van der Waals surface area contributed by atoms with Crippen molar-refractivity contribution in [2.24, 2.45) is 0 Å². The summed E-state index contributed by atoms with van der Waals surface area (Å²) >= 11 is 1.37. The summed E-state index contributed by atoms with van der Waals surface area (Å²) < 4.78 is 2.30. The molecule has 1 atom stereocenters. The van der Waals surface area contributed by atoms with E-state index in [0.717, 1.165) is 30.6 Å². The molecule has 1 saturated carbocycles. The minimum atomic E-state index is -0.143. The second-order valence-electron chi connectivity index (χ2n) is 7.30. The van der Waals surface area contributed by atoms with Crippen LogP contribution in [0, 0.1) is 6.92 Å². The predicted molar refractivity (Wildman–Crippen MR) is 109 cm³/mol. The van der Waals surface area contributed by atoms with E-state index in [9.17, 15) is 9.59 Å². The van der Waals surface area contributed by atoms with Crippen molar-refractivity contribution in [3.8, 4) is 0 Å². The Labute approximate surface area is 162 Å². The van der Waals surface area contributed by atoms with Gasteiger partial charge in [0.15, 0.2) is 0 Å². The van der Waals surface area contributed by atoms with Crippen LogP contribution in [0.25, 0.3) is 10.2 Å². The van der Waals surface area contributed by atoms with E-state index in [0.29, 0.717) is 15.8 Å². The van der Waals surface area contributed by atoms with Crippen molar-refractivity contribution < 1.29 is 4.79 Å². The summed E-state index contributed by atoms with van der Waals surface area (Å²) in [6, 6.07) is 10.6. The number of rotatable bonds is 6. The largest absolute Gasteiger partial charge is 0.349 e. The van der Waals surface area contributed by atoms with Crippen molar-refractivity contribution >= 4 is 27.5 Å². The molecule has 5 nitrogen and oxygen atoms in total. The van der Waals surface area contributed by atoms with Gasteiger partial charge in [-0.25, -0.2) is 4.98 Å². The molecule has 1 aliphatic rings. The van der Waals surface area contributed by atoms with Crippen LogP contribution < -0.4 is 10.9 Å². The van der Waals surface area contributed by atoms with Crippen LogP contribution >= 0.6 is 11.3 Å². The molecular weight excluding hydrogens is 358 g/mol. The molecule has 1 aromatic carbocycles. The lowest BCUT2D eigenvalue weighted by atomic mass is 10.1. The summed E-state index contributed by atoms with van der Waals surface area (Å²) in [5.41, 5.74) is 2.32. The lowest BCUT2D eigenvalue weighted by Gasteiger charge is -2.14. The number of carbonyl (C=O) groups excluding carboxylic acids is 1. The first-order valence-corrected chi connectivity index (χ1v) is 10.2. The molecule has 0 radical (unpaired) electrons. The first-order chi connectivity index (χ1) is 13.0. The van der Waals surface area contributed by atoms with Crippen molar-refractivity contribution in [2.75, 3.05) is 0 Å². The van der Waals surface area contributed by atoms with Crippen molar-refractivity contribution in [1.82, 2.24) is 14.9 Å². The fourth-order valence-corrected chi connectivity index (χ4v) is 4.41. The molecule has 27 heavy (non-hydrogen) atoms. The quantitative estimate of drug-likeness (QED) is 0.705. The molecule has 4 rings (SSSR count). The molecule has 1 amide bonds. The van der Waals surface area contributed by atoms with Crippen LogP contribution in [0.2, 0.25) is 0 Å². The lowest BCUT2D eigenvalue weighted by molar-refractivity contribution is 0.0940. The number of hydrogen-bond acceptors (Lipinski definition) is 4. The number of hydrogen-bond donors (Lipinski definition) is 1. The van der Waals surface area contributed by atoms with Crippen molar-refractivity contribution in [2.45, 2.75) is 51.6 Å². The Morgan fingerprint density at radius 3 is 2.78 bits per heavy atom. The highest BCUT2D eigenvalue weighted by molar-refractivity contribution is 7.19. The van der Waals surface area contributed by atoms with Crippen LogP contribution in [0.15, 0.2) is 41.5 Å². The molecule has 2 heterocycles. The predicted octanol–water partition coefficient (Wildman–Crippen LogP) is 3.85. The molecule has 0 unspecified atom stereocenters. The first kappa shape index (κ1) is 17.9. The van der Waals surface area contributed by atoms with E-state index in [4.69, 9.17) is 0 Å². The maximum atomic E-state index is 12.9. The number of aromatic nitrogens is 2. The average molecular weight is 382 g/mol. The summed E-state index contributed by atoms with van der Waals surface area (Å²) in [5, 5.41) is 3.07. The normalized spacial score (nSPS) is 15.0. The minimum Gasteiger partial charge on any atom is -0.349 e. The Bertz CT molecular complexity index is 1030. The summed E-state index contributed by atoms with van der Waals surface area (Å²) in [4.78, 5) is 30.8. The highest BCUT2D eigenvalue weighted by atomic mass is 32.1. The van der Waals surface area contributed by atoms with E-state index in [1.807, 2.05) is 32.0 Å². The third-order valence-corrected chi connectivity index (χ3v) is 6.14. The average Bonchev–Trinajstić information content (AvgIpc) is 3.43. The highest BCUT2D eigenvalue weighted by Crippen LogP contribution is 2.34. The van der Waals surface area contributed by atoms with Crippen LogP contribution in [0.4, 0.5) is 0 Å². The third-order valence-electron chi connectivity index (χ3n) is 5.05. The fourth-order valence-electron chi connectivity index (χ4n) is 3.37. The zero-order valence-electron chi connectivity index (χ0n) is 15.6. The zero-order chi connectivity index (χ0) is 19.0. The fraction of sp³-hybridized carbons (Fsp3) is 0.381. The molecule has 3 aromatic rings. The smallest absolute Gasteiger partial charge is 0.271 e. The SMILES string of the molecule is Cc1sc2c(=O)n(C3CC3)cnc2c1C(=O)N[C@H](C)CCc1ccccc1. The number of amides is 1. The standard InChI is InChI=1S/C21H23N3O2S/c1-13(8-9-15-6-4-3-5-7-15)23-20(25)17-14(2)27-19-18(17)22-12-24(21(19)26)16-10-11-16/h3-7,12-13,16H,8-11H2,1-2H3,(H,23,25)/t13-/m1/s1. The summed E-state index contributed by atoms with van der Waals surface area (Å²) in [6.45, 7) is 3.90. The summed E-state index contributed by atoms with van der Waals surface area (Å²) in [6.07, 6.45) is 5.44. The third kappa shape index (κ3) is 3.67. The van der Waals surface area contributed by atoms with Gasteiger partial charge in [-0.3, -0.25) is 14.2 Å². The second-order valence-corrected chi connectivity index (χ2v) is 8.52. The number of carbonyl (C=O) groups is 1. The van der Waals surface area contributed by atoms with Gasteiger partial charge in [0.25, 0.3) is 11.5 Å². The van der Waals surface area contributed by atoms with Gasteiger partial charge >= 0.3 is 0 Å². The van der Waals surface area contributed by atoms with Gasteiger partial charge in [-0.2, -0.15) is 0 Å². The summed E-state index contributed by atoms with van der Waals surface area (Å²) in [5.74, 6) is -0.143. The number of nitrogens with zero attached hydrogens (tertiary/aromatic N) is 2. The van der Waals surface area contributed by atoms with Gasteiger partial charge in [0.2, 0.25) is 0 Å². The van der Waals surface area contributed by atoms with E-state index in [1.54, 1.807) is 10.9 Å². The van der Waals surface area contributed by atoms with E-state index in [2.05, 4.69) is 22.4 Å². The van der Waals surface area contributed by atoms with Gasteiger partial charge in [-0.1, -0.05) is 30.3 Å². The maximum Gasteiger partial charge on any atom is 0.271 e. The van der Waals surface area contributed by atoms with Crippen LogP contribution in [-0.2, 0) is 6.42 Å². The number of nitrogens with one attached hydrogen (secondary N) is 1. The molecule has 2 aromatic heterocycles. The molecule has 0 aliphatic heterocycles. The highest BCUT2D eigenvalue weighted by Gasteiger charge is 2.27. The molecule has 0 spiro atoms. The van der Waals surface area contributed by atoms with Gasteiger partial charge in [-0.15, -0.1) is 11.3 Å². The van der Waals surface area contributed by atoms with Gasteiger partial charge in [0.1, 0.15) is 10.2 Å². The Hall–Kier alpha value is -2.47. The molecule has 1 N–H and O–H groups in total. The van der Waals surface area contributed by atoms with E-state index in [-0.39, 0.29) is 23.6 Å².